The summed E-state index contributed by atoms with van der Waals surface area (Å²) in [4.78, 5) is 0.263. The van der Waals surface area contributed by atoms with Gasteiger partial charge < -0.3 is 9.47 Å². The quantitative estimate of drug-likeness (QED) is 0.749. The maximum Gasteiger partial charge on any atom is 0.240 e. The van der Waals surface area contributed by atoms with E-state index in [1.54, 1.807) is 26.2 Å². The molecule has 0 unspecified atom stereocenters. The topological polar surface area (TPSA) is 64.6 Å². The molecule has 6 heteroatoms. The van der Waals surface area contributed by atoms with Crippen molar-refractivity contribution in [2.24, 2.45) is 0 Å². The van der Waals surface area contributed by atoms with Gasteiger partial charge in [0.25, 0.3) is 0 Å². The third kappa shape index (κ3) is 4.37. The second kappa shape index (κ2) is 8.10. The highest BCUT2D eigenvalue weighted by atomic mass is 32.2. The van der Waals surface area contributed by atoms with Gasteiger partial charge in [-0.1, -0.05) is 12.1 Å². The summed E-state index contributed by atoms with van der Waals surface area (Å²) in [5, 5.41) is 0. The first-order valence-corrected chi connectivity index (χ1v) is 10.00. The lowest BCUT2D eigenvalue weighted by atomic mass is 10.1. The Labute approximate surface area is 156 Å². The monoisotopic (exact) mass is 377 g/mol. The van der Waals surface area contributed by atoms with Crippen LogP contribution in [0, 0.1) is 34.6 Å². The van der Waals surface area contributed by atoms with Crippen molar-refractivity contribution in [3.05, 3.63) is 52.1 Å². The summed E-state index contributed by atoms with van der Waals surface area (Å²) in [7, 11) is -2.04. The van der Waals surface area contributed by atoms with Gasteiger partial charge in [-0.15, -0.1) is 0 Å². The standard InChI is InChI=1S/C20H27NO4S/c1-13-7-8-14(2)20(17(13)5)25-10-9-21-26(22,23)19-12-15(3)18(24-6)11-16(19)4/h7-8,11-12,21H,9-10H2,1-6H3. The summed E-state index contributed by atoms with van der Waals surface area (Å²) in [5.74, 6) is 1.50. The van der Waals surface area contributed by atoms with Crippen LogP contribution in [0.4, 0.5) is 0 Å². The Morgan fingerprint density at radius 1 is 0.923 bits per heavy atom. The molecule has 26 heavy (non-hydrogen) atoms. The van der Waals surface area contributed by atoms with Crippen LogP contribution in [-0.4, -0.2) is 28.7 Å². The smallest absolute Gasteiger partial charge is 0.240 e. The first-order chi connectivity index (χ1) is 12.2. The molecule has 0 aliphatic heterocycles. The van der Waals surface area contributed by atoms with Crippen LogP contribution in [0.2, 0.25) is 0 Å². The van der Waals surface area contributed by atoms with E-state index in [1.807, 2.05) is 33.8 Å². The molecule has 0 aliphatic rings. The summed E-state index contributed by atoms with van der Waals surface area (Å²) in [6.07, 6.45) is 0. The summed E-state index contributed by atoms with van der Waals surface area (Å²) in [6.45, 7) is 10.0. The molecule has 0 saturated carbocycles. The second-order valence-electron chi connectivity index (χ2n) is 6.49. The molecule has 0 radical (unpaired) electrons. The second-order valence-corrected chi connectivity index (χ2v) is 8.22. The molecule has 0 amide bonds. The molecule has 2 aromatic carbocycles. The van der Waals surface area contributed by atoms with Gasteiger partial charge in [-0.3, -0.25) is 0 Å². The Morgan fingerprint density at radius 3 is 2.23 bits per heavy atom. The van der Waals surface area contributed by atoms with Crippen molar-refractivity contribution in [1.29, 1.82) is 0 Å². The van der Waals surface area contributed by atoms with E-state index in [0.717, 1.165) is 28.0 Å². The lowest BCUT2D eigenvalue weighted by Gasteiger charge is -2.15. The van der Waals surface area contributed by atoms with Crippen LogP contribution in [0.15, 0.2) is 29.2 Å². The van der Waals surface area contributed by atoms with Gasteiger partial charge in [0.2, 0.25) is 10.0 Å². The first kappa shape index (κ1) is 20.3. The highest BCUT2D eigenvalue weighted by Crippen LogP contribution is 2.26. The predicted octanol–water partition coefficient (Wildman–Crippen LogP) is 3.59. The Bertz CT molecular complexity index is 905. The number of benzene rings is 2. The van der Waals surface area contributed by atoms with Crippen LogP contribution in [-0.2, 0) is 10.0 Å². The van der Waals surface area contributed by atoms with Crippen LogP contribution in [0.25, 0.3) is 0 Å². The fraction of sp³-hybridized carbons (Fsp3) is 0.400. The molecule has 2 aromatic rings. The van der Waals surface area contributed by atoms with E-state index in [-0.39, 0.29) is 18.0 Å². The Morgan fingerprint density at radius 2 is 1.58 bits per heavy atom. The van der Waals surface area contributed by atoms with Crippen LogP contribution in [0.3, 0.4) is 0 Å². The summed E-state index contributed by atoms with van der Waals surface area (Å²) < 4.78 is 38.9. The molecule has 0 atom stereocenters. The minimum absolute atomic E-state index is 0.194. The van der Waals surface area contributed by atoms with Crippen LogP contribution in [0.5, 0.6) is 11.5 Å². The van der Waals surface area contributed by atoms with Gasteiger partial charge in [-0.05, 0) is 74.6 Å². The minimum Gasteiger partial charge on any atom is -0.496 e. The minimum atomic E-state index is -3.61. The van der Waals surface area contributed by atoms with E-state index in [0.29, 0.717) is 11.3 Å². The number of sulfonamides is 1. The molecule has 0 spiro atoms. The number of nitrogens with one attached hydrogen (secondary N) is 1. The normalized spacial score (nSPS) is 11.5. The molecular formula is C20H27NO4S. The van der Waals surface area contributed by atoms with E-state index in [2.05, 4.69) is 10.8 Å². The van der Waals surface area contributed by atoms with E-state index in [4.69, 9.17) is 9.47 Å². The Kier molecular flexibility index (Phi) is 6.31. The maximum atomic E-state index is 12.6. The molecule has 0 heterocycles. The highest BCUT2D eigenvalue weighted by molar-refractivity contribution is 7.89. The number of hydrogen-bond acceptors (Lipinski definition) is 4. The van der Waals surface area contributed by atoms with Gasteiger partial charge in [0.05, 0.1) is 12.0 Å². The van der Waals surface area contributed by atoms with Gasteiger partial charge in [-0.25, -0.2) is 13.1 Å². The molecule has 0 saturated heterocycles. The lowest BCUT2D eigenvalue weighted by Crippen LogP contribution is -2.29. The predicted molar refractivity (Wildman–Crippen MR) is 104 cm³/mol. The summed E-state index contributed by atoms with van der Waals surface area (Å²) in [6, 6.07) is 7.42. The molecule has 2 rings (SSSR count). The van der Waals surface area contributed by atoms with Crippen molar-refractivity contribution >= 4 is 10.0 Å². The maximum absolute atomic E-state index is 12.6. The highest BCUT2D eigenvalue weighted by Gasteiger charge is 2.18. The van der Waals surface area contributed by atoms with Gasteiger partial charge in [0, 0.05) is 6.54 Å². The van der Waals surface area contributed by atoms with E-state index in [9.17, 15) is 8.42 Å². The lowest BCUT2D eigenvalue weighted by molar-refractivity contribution is 0.318. The van der Waals surface area contributed by atoms with Crippen LogP contribution >= 0.6 is 0 Å². The third-order valence-corrected chi connectivity index (χ3v) is 6.10. The molecule has 142 valence electrons. The largest absolute Gasteiger partial charge is 0.496 e. The average Bonchev–Trinajstić information content (AvgIpc) is 2.59. The zero-order valence-corrected chi connectivity index (χ0v) is 17.1. The molecule has 0 fully saturated rings. The van der Waals surface area contributed by atoms with E-state index < -0.39 is 10.0 Å². The summed E-state index contributed by atoms with van der Waals surface area (Å²) >= 11 is 0. The van der Waals surface area contributed by atoms with Crippen LogP contribution in [0.1, 0.15) is 27.8 Å². The summed E-state index contributed by atoms with van der Waals surface area (Å²) in [5.41, 5.74) is 4.69. The molecule has 5 nitrogen and oxygen atoms in total. The zero-order valence-electron chi connectivity index (χ0n) is 16.3. The molecule has 0 aliphatic carbocycles. The average molecular weight is 378 g/mol. The third-order valence-electron chi connectivity index (χ3n) is 4.50. The van der Waals surface area contributed by atoms with Gasteiger partial charge in [0.15, 0.2) is 0 Å². The molecule has 0 bridgehead atoms. The van der Waals surface area contributed by atoms with E-state index in [1.165, 1.54) is 0 Å². The Hall–Kier alpha value is -2.05. The molecule has 0 aromatic heterocycles. The van der Waals surface area contributed by atoms with E-state index >= 15 is 0 Å². The van der Waals surface area contributed by atoms with Gasteiger partial charge in [-0.2, -0.15) is 0 Å². The number of methoxy groups -OCH3 is 1. The van der Waals surface area contributed by atoms with Crippen molar-refractivity contribution in [3.8, 4) is 11.5 Å². The van der Waals surface area contributed by atoms with Crippen LogP contribution < -0.4 is 14.2 Å². The van der Waals surface area contributed by atoms with Gasteiger partial charge >= 0.3 is 0 Å². The van der Waals surface area contributed by atoms with Crippen molar-refractivity contribution in [2.45, 2.75) is 39.5 Å². The Balaban J connectivity index is 2.06. The fourth-order valence-corrected chi connectivity index (χ4v) is 4.15. The van der Waals surface area contributed by atoms with Crippen molar-refractivity contribution in [2.75, 3.05) is 20.3 Å². The van der Waals surface area contributed by atoms with Crippen molar-refractivity contribution in [3.63, 3.8) is 0 Å². The SMILES string of the molecule is COc1cc(C)c(S(=O)(=O)NCCOc2c(C)ccc(C)c2C)cc1C. The van der Waals surface area contributed by atoms with Crippen molar-refractivity contribution in [1.82, 2.24) is 4.72 Å². The number of aryl methyl sites for hydroxylation is 4. The zero-order chi connectivity index (χ0) is 19.5. The van der Waals surface area contributed by atoms with Crippen molar-refractivity contribution < 1.29 is 17.9 Å². The number of hydrogen-bond donors (Lipinski definition) is 1. The molecule has 1 N–H and O–H groups in total. The first-order valence-electron chi connectivity index (χ1n) is 8.52. The number of rotatable bonds is 7. The van der Waals surface area contributed by atoms with Gasteiger partial charge in [0.1, 0.15) is 18.1 Å². The number of ether oxygens (including phenoxy) is 2. The molecular weight excluding hydrogens is 350 g/mol. The fourth-order valence-electron chi connectivity index (χ4n) is 2.83.